The maximum absolute atomic E-state index is 5.47. The Bertz CT molecular complexity index is 840. The van der Waals surface area contributed by atoms with Gasteiger partial charge in [-0.3, -0.25) is 0 Å². The highest BCUT2D eigenvalue weighted by Crippen LogP contribution is 2.43. The fraction of sp³-hybridized carbons (Fsp3) is 0.158. The first kappa shape index (κ1) is 13.8. The van der Waals surface area contributed by atoms with Crippen LogP contribution >= 0.6 is 0 Å². The first-order valence-electron chi connectivity index (χ1n) is 7.57. The van der Waals surface area contributed by atoms with Crippen molar-refractivity contribution in [3.8, 4) is 17.2 Å². The molecule has 0 amide bonds. The molecule has 4 rings (SSSR count). The van der Waals surface area contributed by atoms with Crippen LogP contribution in [0.3, 0.4) is 0 Å². The number of hydrogen-bond acceptors (Lipinski definition) is 3. The second-order valence-electron chi connectivity index (χ2n) is 5.51. The average molecular weight is 306 g/mol. The fourth-order valence-electron chi connectivity index (χ4n) is 3.18. The third kappa shape index (κ3) is 2.14. The third-order valence-electron chi connectivity index (χ3n) is 4.26. The average Bonchev–Trinajstić information content (AvgIpc) is 3.17. The van der Waals surface area contributed by atoms with Crippen LogP contribution in [0.15, 0.2) is 60.8 Å². The minimum Gasteiger partial charge on any atom is -0.493 e. The maximum atomic E-state index is 5.47. The van der Waals surface area contributed by atoms with Crippen molar-refractivity contribution in [1.29, 1.82) is 0 Å². The number of aromatic nitrogens is 1. The number of methoxy groups -OCH3 is 2. The first-order chi connectivity index (χ1) is 11.3. The van der Waals surface area contributed by atoms with Crippen molar-refractivity contribution in [3.63, 3.8) is 0 Å². The number of ether oxygens (including phenoxy) is 2. The Morgan fingerprint density at radius 3 is 2.39 bits per heavy atom. The lowest BCUT2D eigenvalue weighted by Gasteiger charge is -2.17. The summed E-state index contributed by atoms with van der Waals surface area (Å²) in [4.78, 5) is 0. The molecule has 1 unspecified atom stereocenters. The standard InChI is InChI=1S/C19H18N2O2/c1-22-17-11-14-16(12-18(17)23-2)21-10-6-9-15(21)19(14)20-13-7-4-3-5-8-13/h3-12,19-20H,1-2H3. The molecule has 4 heteroatoms. The lowest BCUT2D eigenvalue weighted by molar-refractivity contribution is 0.354. The molecule has 2 heterocycles. The van der Waals surface area contributed by atoms with E-state index in [1.165, 1.54) is 11.3 Å². The van der Waals surface area contributed by atoms with Gasteiger partial charge in [-0.05, 0) is 30.3 Å². The Kier molecular flexibility index (Phi) is 3.23. The Morgan fingerprint density at radius 2 is 1.65 bits per heavy atom. The van der Waals surface area contributed by atoms with E-state index in [1.54, 1.807) is 14.2 Å². The highest BCUT2D eigenvalue weighted by atomic mass is 16.5. The topological polar surface area (TPSA) is 35.4 Å². The summed E-state index contributed by atoms with van der Waals surface area (Å²) in [5.74, 6) is 1.49. The van der Waals surface area contributed by atoms with E-state index < -0.39 is 0 Å². The van der Waals surface area contributed by atoms with Gasteiger partial charge in [-0.1, -0.05) is 18.2 Å². The number of nitrogens with one attached hydrogen (secondary N) is 1. The second kappa shape index (κ2) is 5.39. The molecule has 1 atom stereocenters. The summed E-state index contributed by atoms with van der Waals surface area (Å²) in [5.41, 5.74) is 4.60. The molecule has 0 fully saturated rings. The molecule has 116 valence electrons. The molecule has 1 N–H and O–H groups in total. The van der Waals surface area contributed by atoms with Crippen molar-refractivity contribution in [3.05, 3.63) is 72.1 Å². The molecule has 1 aromatic heterocycles. The Labute approximate surface area is 135 Å². The molecule has 2 aromatic carbocycles. The first-order valence-corrected chi connectivity index (χ1v) is 7.57. The molecule has 0 saturated heterocycles. The van der Waals surface area contributed by atoms with Crippen LogP contribution in [-0.4, -0.2) is 18.8 Å². The van der Waals surface area contributed by atoms with Crippen LogP contribution in [0.5, 0.6) is 11.5 Å². The summed E-state index contributed by atoms with van der Waals surface area (Å²) in [7, 11) is 3.33. The van der Waals surface area contributed by atoms with Crippen LogP contribution in [0, 0.1) is 0 Å². The summed E-state index contributed by atoms with van der Waals surface area (Å²) in [6.45, 7) is 0. The molecule has 4 nitrogen and oxygen atoms in total. The molecule has 0 saturated carbocycles. The highest BCUT2D eigenvalue weighted by molar-refractivity contribution is 5.64. The quantitative estimate of drug-likeness (QED) is 0.791. The largest absolute Gasteiger partial charge is 0.493 e. The minimum absolute atomic E-state index is 0.0854. The monoisotopic (exact) mass is 306 g/mol. The van der Waals surface area contributed by atoms with E-state index in [9.17, 15) is 0 Å². The van der Waals surface area contributed by atoms with Crippen LogP contribution < -0.4 is 14.8 Å². The van der Waals surface area contributed by atoms with Crippen LogP contribution in [0.2, 0.25) is 0 Å². The van der Waals surface area contributed by atoms with Gasteiger partial charge >= 0.3 is 0 Å². The number of nitrogens with zero attached hydrogens (tertiary/aromatic N) is 1. The van der Waals surface area contributed by atoms with Gasteiger partial charge in [0.1, 0.15) is 0 Å². The molecular formula is C19H18N2O2. The molecule has 1 aliphatic rings. The van der Waals surface area contributed by atoms with Gasteiger partial charge in [0.15, 0.2) is 11.5 Å². The Hall–Kier alpha value is -2.88. The van der Waals surface area contributed by atoms with Crippen LogP contribution in [0.25, 0.3) is 5.69 Å². The molecule has 0 radical (unpaired) electrons. The molecule has 0 aliphatic carbocycles. The third-order valence-corrected chi connectivity index (χ3v) is 4.26. The van der Waals surface area contributed by atoms with E-state index in [0.717, 1.165) is 22.9 Å². The second-order valence-corrected chi connectivity index (χ2v) is 5.51. The van der Waals surface area contributed by atoms with Gasteiger partial charge in [-0.25, -0.2) is 0 Å². The molecule has 3 aromatic rings. The lowest BCUT2D eigenvalue weighted by Crippen LogP contribution is -2.09. The summed E-state index contributed by atoms with van der Waals surface area (Å²) in [6.07, 6.45) is 2.08. The lowest BCUT2D eigenvalue weighted by atomic mass is 10.0. The summed E-state index contributed by atoms with van der Waals surface area (Å²) >= 11 is 0. The van der Waals surface area contributed by atoms with Crippen molar-refractivity contribution in [2.24, 2.45) is 0 Å². The van der Waals surface area contributed by atoms with E-state index in [1.807, 2.05) is 24.3 Å². The zero-order valence-electron chi connectivity index (χ0n) is 13.1. The van der Waals surface area contributed by atoms with Gasteiger partial charge in [0.2, 0.25) is 0 Å². The van der Waals surface area contributed by atoms with Gasteiger partial charge in [0.25, 0.3) is 0 Å². The molecule has 23 heavy (non-hydrogen) atoms. The molecular weight excluding hydrogens is 288 g/mol. The van der Waals surface area contributed by atoms with E-state index in [-0.39, 0.29) is 6.04 Å². The molecule has 0 bridgehead atoms. The maximum Gasteiger partial charge on any atom is 0.162 e. The van der Waals surface area contributed by atoms with E-state index in [0.29, 0.717) is 0 Å². The summed E-state index contributed by atoms with van der Waals surface area (Å²) in [6, 6.07) is 18.6. The number of fused-ring (bicyclic) bond motifs is 3. The molecule has 1 aliphatic heterocycles. The number of para-hydroxylation sites is 1. The highest BCUT2D eigenvalue weighted by Gasteiger charge is 2.30. The predicted octanol–water partition coefficient (Wildman–Crippen LogP) is 4.01. The van der Waals surface area contributed by atoms with Gasteiger partial charge in [0.05, 0.1) is 25.9 Å². The van der Waals surface area contributed by atoms with Gasteiger partial charge in [-0.2, -0.15) is 0 Å². The smallest absolute Gasteiger partial charge is 0.162 e. The summed E-state index contributed by atoms with van der Waals surface area (Å²) < 4.78 is 13.1. The van der Waals surface area contributed by atoms with Crippen molar-refractivity contribution in [1.82, 2.24) is 4.57 Å². The van der Waals surface area contributed by atoms with Gasteiger partial charge in [-0.15, -0.1) is 0 Å². The van der Waals surface area contributed by atoms with Crippen molar-refractivity contribution < 1.29 is 9.47 Å². The van der Waals surface area contributed by atoms with Crippen molar-refractivity contribution in [2.45, 2.75) is 6.04 Å². The fourth-order valence-corrected chi connectivity index (χ4v) is 3.18. The van der Waals surface area contributed by atoms with E-state index >= 15 is 0 Å². The minimum atomic E-state index is 0.0854. The van der Waals surface area contributed by atoms with Crippen molar-refractivity contribution >= 4 is 5.69 Å². The normalized spacial score (nSPS) is 15.0. The van der Waals surface area contributed by atoms with Crippen LogP contribution in [0.4, 0.5) is 5.69 Å². The number of anilines is 1. The van der Waals surface area contributed by atoms with Crippen LogP contribution in [0.1, 0.15) is 17.3 Å². The van der Waals surface area contributed by atoms with Crippen LogP contribution in [-0.2, 0) is 0 Å². The van der Waals surface area contributed by atoms with Gasteiger partial charge < -0.3 is 19.4 Å². The van der Waals surface area contributed by atoms with Gasteiger partial charge in [0, 0.05) is 29.2 Å². The zero-order chi connectivity index (χ0) is 15.8. The van der Waals surface area contributed by atoms with E-state index in [4.69, 9.17) is 9.47 Å². The number of benzene rings is 2. The number of rotatable bonds is 4. The number of hydrogen-bond donors (Lipinski definition) is 1. The zero-order valence-corrected chi connectivity index (χ0v) is 13.1. The van der Waals surface area contributed by atoms with E-state index in [2.05, 4.69) is 46.4 Å². The molecule has 0 spiro atoms. The predicted molar refractivity (Wildman–Crippen MR) is 90.8 cm³/mol. The summed E-state index contributed by atoms with van der Waals surface area (Å²) in [5, 5.41) is 3.61. The Balaban J connectivity index is 1.83. The van der Waals surface area contributed by atoms with Crippen molar-refractivity contribution in [2.75, 3.05) is 19.5 Å². The SMILES string of the molecule is COc1cc2c(cc1OC)-n1cccc1C2Nc1ccccc1. The Morgan fingerprint density at radius 1 is 0.913 bits per heavy atom.